The van der Waals surface area contributed by atoms with Gasteiger partial charge in [0, 0.05) is 24.3 Å². The minimum atomic E-state index is -0.897. The van der Waals surface area contributed by atoms with Crippen LogP contribution in [0.2, 0.25) is 0 Å². The van der Waals surface area contributed by atoms with Gasteiger partial charge >= 0.3 is 0 Å². The molecule has 116 valence electrons. The summed E-state index contributed by atoms with van der Waals surface area (Å²) in [5.41, 5.74) is 5.98. The second kappa shape index (κ2) is 6.48. The van der Waals surface area contributed by atoms with E-state index < -0.39 is 11.5 Å². The molecular formula is C12H19N5O3S. The largest absolute Gasteiger partial charge is 0.388 e. The van der Waals surface area contributed by atoms with Crippen molar-refractivity contribution in [2.45, 2.75) is 31.1 Å². The zero-order valence-corrected chi connectivity index (χ0v) is 12.6. The van der Waals surface area contributed by atoms with E-state index in [2.05, 4.69) is 20.3 Å². The number of anilines is 1. The quantitative estimate of drug-likeness (QED) is 0.389. The fourth-order valence-electron chi connectivity index (χ4n) is 2.00. The number of hydrogen-bond donors (Lipinski definition) is 6. The third-order valence-corrected chi connectivity index (χ3v) is 4.05. The second-order valence-corrected chi connectivity index (χ2v) is 5.73. The molecule has 0 radical (unpaired) electrons. The van der Waals surface area contributed by atoms with Crippen molar-refractivity contribution in [3.8, 4) is 0 Å². The fourth-order valence-corrected chi connectivity index (χ4v) is 2.51. The van der Waals surface area contributed by atoms with Crippen molar-refractivity contribution in [1.29, 1.82) is 0 Å². The van der Waals surface area contributed by atoms with Crippen molar-refractivity contribution in [2.75, 3.05) is 12.0 Å². The Morgan fingerprint density at radius 1 is 1.52 bits per heavy atom. The van der Waals surface area contributed by atoms with Crippen molar-refractivity contribution in [1.82, 2.24) is 20.3 Å². The first-order valence-electron chi connectivity index (χ1n) is 6.42. The van der Waals surface area contributed by atoms with Crippen LogP contribution in [0.25, 0.3) is 11.0 Å². The van der Waals surface area contributed by atoms with Crippen LogP contribution in [-0.4, -0.2) is 49.0 Å². The van der Waals surface area contributed by atoms with Crippen LogP contribution in [-0.2, 0) is 6.54 Å². The van der Waals surface area contributed by atoms with E-state index in [4.69, 9.17) is 5.73 Å². The maximum absolute atomic E-state index is 11.7. The molecule has 3 atom stereocenters. The Kier molecular flexibility index (Phi) is 4.88. The maximum atomic E-state index is 11.7. The normalized spacial score (nSPS) is 16.0. The van der Waals surface area contributed by atoms with Gasteiger partial charge in [-0.25, -0.2) is 4.98 Å². The molecule has 8 nitrogen and oxygen atoms in total. The first-order valence-corrected chi connectivity index (χ1v) is 7.71. The molecule has 2 heterocycles. The predicted octanol–water partition coefficient (Wildman–Crippen LogP) is -0.646. The summed E-state index contributed by atoms with van der Waals surface area (Å²) in [6.07, 6.45) is 2.49. The first kappa shape index (κ1) is 15.8. The molecule has 2 aromatic heterocycles. The molecule has 0 amide bonds. The van der Waals surface area contributed by atoms with Crippen LogP contribution in [0.5, 0.6) is 0 Å². The number of thioether (sulfide) groups is 1. The molecule has 2 rings (SSSR count). The summed E-state index contributed by atoms with van der Waals surface area (Å²) >= 11 is 1.18. The standard InChI is InChI=1S/C12H19N5O3S/c1-5(9(18)11(20)21-2)14-3-6-4-15-8-7(6)16-12(13)17-10(8)19/h4-5,9,11,14-15,18,20H,3H2,1-2H3,(H3,13,16,17,19). The van der Waals surface area contributed by atoms with Crippen molar-refractivity contribution >= 4 is 28.7 Å². The summed E-state index contributed by atoms with van der Waals surface area (Å²) < 4.78 is 0. The molecule has 0 bridgehead atoms. The lowest BCUT2D eigenvalue weighted by atomic mass is 10.2. The number of H-pyrrole nitrogens is 2. The zero-order valence-electron chi connectivity index (χ0n) is 11.8. The monoisotopic (exact) mass is 313 g/mol. The summed E-state index contributed by atoms with van der Waals surface area (Å²) in [6.45, 7) is 2.16. The molecule has 0 spiro atoms. The highest BCUT2D eigenvalue weighted by Crippen LogP contribution is 2.15. The van der Waals surface area contributed by atoms with Crippen LogP contribution < -0.4 is 16.6 Å². The van der Waals surface area contributed by atoms with E-state index in [0.717, 1.165) is 5.56 Å². The fraction of sp³-hybridized carbons (Fsp3) is 0.500. The Morgan fingerprint density at radius 2 is 2.24 bits per heavy atom. The lowest BCUT2D eigenvalue weighted by Gasteiger charge is -2.23. The predicted molar refractivity (Wildman–Crippen MR) is 83.0 cm³/mol. The number of aromatic nitrogens is 3. The van der Waals surface area contributed by atoms with Crippen LogP contribution in [0.1, 0.15) is 12.5 Å². The molecule has 0 saturated carbocycles. The summed E-state index contributed by atoms with van der Waals surface area (Å²) in [7, 11) is 0. The molecule has 21 heavy (non-hydrogen) atoms. The smallest absolute Gasteiger partial charge is 0.276 e. The molecule has 0 aromatic carbocycles. The third kappa shape index (κ3) is 3.38. The van der Waals surface area contributed by atoms with Gasteiger partial charge in [0.2, 0.25) is 5.95 Å². The molecule has 0 aliphatic carbocycles. The van der Waals surface area contributed by atoms with E-state index in [9.17, 15) is 15.0 Å². The molecular weight excluding hydrogens is 294 g/mol. The summed E-state index contributed by atoms with van der Waals surface area (Å²) in [6, 6.07) is -0.322. The highest BCUT2D eigenvalue weighted by atomic mass is 32.2. The summed E-state index contributed by atoms with van der Waals surface area (Å²) in [5, 5.41) is 22.6. The van der Waals surface area contributed by atoms with Crippen LogP contribution in [0, 0.1) is 0 Å². The van der Waals surface area contributed by atoms with Gasteiger partial charge < -0.3 is 26.2 Å². The minimum Gasteiger partial charge on any atom is -0.388 e. The van der Waals surface area contributed by atoms with E-state index in [0.29, 0.717) is 17.6 Å². The number of nitrogens with one attached hydrogen (secondary N) is 3. The maximum Gasteiger partial charge on any atom is 0.276 e. The van der Waals surface area contributed by atoms with Crippen LogP contribution in [0.15, 0.2) is 11.0 Å². The van der Waals surface area contributed by atoms with Crippen molar-refractivity contribution < 1.29 is 10.2 Å². The number of aliphatic hydroxyl groups is 2. The number of rotatable bonds is 6. The molecule has 0 saturated heterocycles. The molecule has 9 heteroatoms. The second-order valence-electron chi connectivity index (χ2n) is 4.78. The minimum absolute atomic E-state index is 0.0549. The first-order chi connectivity index (χ1) is 9.93. The Labute approximate surface area is 125 Å². The van der Waals surface area contributed by atoms with E-state index in [1.54, 1.807) is 19.4 Å². The van der Waals surface area contributed by atoms with Gasteiger partial charge in [-0.3, -0.25) is 9.78 Å². The molecule has 2 aromatic rings. The third-order valence-electron chi connectivity index (χ3n) is 3.29. The van der Waals surface area contributed by atoms with Gasteiger partial charge in [0.1, 0.15) is 22.6 Å². The average Bonchev–Trinajstić information content (AvgIpc) is 2.86. The number of nitrogens with zero attached hydrogens (tertiary/aromatic N) is 1. The van der Waals surface area contributed by atoms with Crippen molar-refractivity contribution in [3.05, 3.63) is 22.1 Å². The van der Waals surface area contributed by atoms with Crippen LogP contribution in [0.4, 0.5) is 5.95 Å². The molecule has 7 N–H and O–H groups in total. The number of nitrogens with two attached hydrogens (primary N) is 1. The Morgan fingerprint density at radius 3 is 2.90 bits per heavy atom. The molecule has 0 fully saturated rings. The SMILES string of the molecule is CSC(O)C(O)C(C)NCc1c[nH]c2c(=O)[nH]c(N)nc12. The Balaban J connectivity index is 2.12. The van der Waals surface area contributed by atoms with Gasteiger partial charge in [0.05, 0.1) is 0 Å². The van der Waals surface area contributed by atoms with E-state index in [1.807, 2.05) is 0 Å². The molecule has 0 aliphatic heterocycles. The van der Waals surface area contributed by atoms with Crippen molar-refractivity contribution in [2.24, 2.45) is 0 Å². The zero-order chi connectivity index (χ0) is 15.6. The average molecular weight is 313 g/mol. The van der Waals surface area contributed by atoms with Gasteiger partial charge in [-0.15, -0.1) is 11.8 Å². The van der Waals surface area contributed by atoms with Crippen LogP contribution in [0.3, 0.4) is 0 Å². The number of aliphatic hydroxyl groups excluding tert-OH is 2. The lowest BCUT2D eigenvalue weighted by Crippen LogP contribution is -2.42. The highest BCUT2D eigenvalue weighted by molar-refractivity contribution is 7.99. The number of aromatic amines is 2. The number of nitrogen functional groups attached to an aromatic ring is 1. The van der Waals surface area contributed by atoms with Crippen molar-refractivity contribution in [3.63, 3.8) is 0 Å². The van der Waals surface area contributed by atoms with Crippen LogP contribution >= 0.6 is 11.8 Å². The summed E-state index contributed by atoms with van der Waals surface area (Å²) in [5.74, 6) is 0.0549. The number of hydrogen-bond acceptors (Lipinski definition) is 7. The van der Waals surface area contributed by atoms with Gasteiger partial charge in [-0.1, -0.05) is 0 Å². The summed E-state index contributed by atoms with van der Waals surface area (Å²) in [4.78, 5) is 21.1. The molecule has 3 unspecified atom stereocenters. The van der Waals surface area contributed by atoms with Gasteiger partial charge in [-0.05, 0) is 13.2 Å². The van der Waals surface area contributed by atoms with Gasteiger partial charge in [-0.2, -0.15) is 0 Å². The Bertz CT molecular complexity index is 670. The highest BCUT2D eigenvalue weighted by Gasteiger charge is 2.22. The topological polar surface area (TPSA) is 140 Å². The molecule has 0 aliphatic rings. The van der Waals surface area contributed by atoms with E-state index in [-0.39, 0.29) is 17.5 Å². The Hall–Kier alpha value is -1.55. The lowest BCUT2D eigenvalue weighted by molar-refractivity contribution is 0.0483. The van der Waals surface area contributed by atoms with E-state index in [1.165, 1.54) is 11.8 Å². The number of fused-ring (bicyclic) bond motifs is 1. The van der Waals surface area contributed by atoms with E-state index >= 15 is 0 Å². The van der Waals surface area contributed by atoms with Gasteiger partial charge in [0.25, 0.3) is 5.56 Å². The van der Waals surface area contributed by atoms with Gasteiger partial charge in [0.15, 0.2) is 0 Å².